The van der Waals surface area contributed by atoms with Crippen molar-refractivity contribution in [1.82, 2.24) is 19.5 Å². The van der Waals surface area contributed by atoms with Crippen molar-refractivity contribution in [3.63, 3.8) is 0 Å². The SMILES string of the molecule is CNC(Cn1ccn2nc(C)cc2c1=O)C1CCCCC1. The van der Waals surface area contributed by atoms with Crippen LogP contribution in [-0.4, -0.2) is 27.3 Å². The highest BCUT2D eigenvalue weighted by Gasteiger charge is 2.23. The maximum Gasteiger partial charge on any atom is 0.276 e. The van der Waals surface area contributed by atoms with Gasteiger partial charge in [-0.25, -0.2) is 4.52 Å². The van der Waals surface area contributed by atoms with E-state index in [1.165, 1.54) is 32.1 Å². The number of aryl methyl sites for hydroxylation is 1. The van der Waals surface area contributed by atoms with E-state index in [1.54, 1.807) is 4.52 Å². The molecule has 5 nitrogen and oxygen atoms in total. The van der Waals surface area contributed by atoms with Gasteiger partial charge in [-0.1, -0.05) is 19.3 Å². The Bertz CT molecular complexity index is 666. The lowest BCUT2D eigenvalue weighted by Gasteiger charge is -2.30. The molecule has 1 aliphatic carbocycles. The second-order valence-corrected chi connectivity index (χ2v) is 6.16. The van der Waals surface area contributed by atoms with Gasteiger partial charge in [0, 0.05) is 25.0 Å². The van der Waals surface area contributed by atoms with E-state index in [-0.39, 0.29) is 5.56 Å². The average molecular weight is 288 g/mol. The van der Waals surface area contributed by atoms with Crippen LogP contribution in [-0.2, 0) is 6.54 Å². The Balaban J connectivity index is 1.85. The maximum atomic E-state index is 12.6. The Morgan fingerprint density at radius 1 is 1.33 bits per heavy atom. The predicted octanol–water partition coefficient (Wildman–Crippen LogP) is 1.97. The Hall–Kier alpha value is -1.62. The van der Waals surface area contributed by atoms with Crippen molar-refractivity contribution in [2.24, 2.45) is 5.92 Å². The molecular formula is C16H24N4O. The quantitative estimate of drug-likeness (QED) is 0.936. The normalized spacial score (nSPS) is 18.2. The van der Waals surface area contributed by atoms with Crippen LogP contribution in [0.1, 0.15) is 37.8 Å². The number of nitrogens with one attached hydrogen (secondary N) is 1. The van der Waals surface area contributed by atoms with Crippen LogP contribution in [0.5, 0.6) is 0 Å². The molecular weight excluding hydrogens is 264 g/mol. The molecule has 0 amide bonds. The third-order valence-electron chi connectivity index (χ3n) is 4.71. The van der Waals surface area contributed by atoms with E-state index in [2.05, 4.69) is 10.4 Å². The minimum atomic E-state index is 0.0501. The number of rotatable bonds is 4. The van der Waals surface area contributed by atoms with Gasteiger partial charge in [0.15, 0.2) is 0 Å². The third kappa shape index (κ3) is 2.88. The molecule has 2 aromatic heterocycles. The second kappa shape index (κ2) is 6.02. The van der Waals surface area contributed by atoms with E-state index in [4.69, 9.17) is 0 Å². The first-order valence-electron chi connectivity index (χ1n) is 7.92. The highest BCUT2D eigenvalue weighted by atomic mass is 16.1. The molecule has 1 N–H and O–H groups in total. The van der Waals surface area contributed by atoms with Gasteiger partial charge >= 0.3 is 0 Å². The molecule has 21 heavy (non-hydrogen) atoms. The summed E-state index contributed by atoms with van der Waals surface area (Å²) in [6, 6.07) is 2.22. The Labute approximate surface area is 125 Å². The Morgan fingerprint density at radius 3 is 2.81 bits per heavy atom. The monoisotopic (exact) mass is 288 g/mol. The van der Waals surface area contributed by atoms with Gasteiger partial charge in [0.1, 0.15) is 5.52 Å². The molecule has 2 heterocycles. The molecule has 0 bridgehead atoms. The van der Waals surface area contributed by atoms with Crippen LogP contribution in [0, 0.1) is 12.8 Å². The van der Waals surface area contributed by atoms with Crippen molar-refractivity contribution >= 4 is 5.52 Å². The molecule has 0 aliphatic heterocycles. The van der Waals surface area contributed by atoms with E-state index in [9.17, 15) is 4.79 Å². The first-order chi connectivity index (χ1) is 10.2. The van der Waals surface area contributed by atoms with Gasteiger partial charge in [0.25, 0.3) is 5.56 Å². The van der Waals surface area contributed by atoms with E-state index in [0.29, 0.717) is 17.5 Å². The minimum absolute atomic E-state index is 0.0501. The number of fused-ring (bicyclic) bond motifs is 1. The van der Waals surface area contributed by atoms with Crippen molar-refractivity contribution in [3.05, 3.63) is 34.5 Å². The maximum absolute atomic E-state index is 12.6. The molecule has 1 atom stereocenters. The van der Waals surface area contributed by atoms with Crippen LogP contribution in [0.2, 0.25) is 0 Å². The van der Waals surface area contributed by atoms with Gasteiger partial charge in [-0.3, -0.25) is 4.79 Å². The molecule has 114 valence electrons. The topological polar surface area (TPSA) is 51.3 Å². The zero-order valence-electron chi connectivity index (χ0n) is 12.9. The number of aromatic nitrogens is 3. The van der Waals surface area contributed by atoms with Crippen molar-refractivity contribution in [2.75, 3.05) is 7.05 Å². The fourth-order valence-corrected chi connectivity index (χ4v) is 3.52. The highest BCUT2D eigenvalue weighted by molar-refractivity contribution is 5.44. The van der Waals surface area contributed by atoms with Crippen molar-refractivity contribution in [3.8, 4) is 0 Å². The summed E-state index contributed by atoms with van der Waals surface area (Å²) in [7, 11) is 2.01. The summed E-state index contributed by atoms with van der Waals surface area (Å²) >= 11 is 0. The summed E-state index contributed by atoms with van der Waals surface area (Å²) in [5.74, 6) is 0.679. The van der Waals surface area contributed by atoms with Crippen LogP contribution >= 0.6 is 0 Å². The van der Waals surface area contributed by atoms with Crippen LogP contribution in [0.3, 0.4) is 0 Å². The summed E-state index contributed by atoms with van der Waals surface area (Å²) in [4.78, 5) is 12.6. The Kier molecular flexibility index (Phi) is 4.10. The van der Waals surface area contributed by atoms with Gasteiger partial charge < -0.3 is 9.88 Å². The number of nitrogens with zero attached hydrogens (tertiary/aromatic N) is 3. The van der Waals surface area contributed by atoms with Crippen LogP contribution < -0.4 is 10.9 Å². The molecule has 1 fully saturated rings. The summed E-state index contributed by atoms with van der Waals surface area (Å²) in [6.07, 6.45) is 10.3. The first kappa shape index (κ1) is 14.3. The molecule has 1 aliphatic rings. The lowest BCUT2D eigenvalue weighted by Crippen LogP contribution is -2.41. The number of hydrogen-bond donors (Lipinski definition) is 1. The van der Waals surface area contributed by atoms with Crippen LogP contribution in [0.15, 0.2) is 23.3 Å². The summed E-state index contributed by atoms with van der Waals surface area (Å²) < 4.78 is 3.50. The largest absolute Gasteiger partial charge is 0.315 e. The Morgan fingerprint density at radius 2 is 2.10 bits per heavy atom. The first-order valence-corrected chi connectivity index (χ1v) is 7.92. The zero-order valence-corrected chi connectivity index (χ0v) is 12.9. The fourth-order valence-electron chi connectivity index (χ4n) is 3.52. The summed E-state index contributed by atoms with van der Waals surface area (Å²) in [5, 5.41) is 7.71. The molecule has 2 aromatic rings. The van der Waals surface area contributed by atoms with E-state index < -0.39 is 0 Å². The van der Waals surface area contributed by atoms with Crippen LogP contribution in [0.4, 0.5) is 0 Å². The molecule has 0 spiro atoms. The van der Waals surface area contributed by atoms with Gasteiger partial charge in [-0.2, -0.15) is 5.10 Å². The van der Waals surface area contributed by atoms with Gasteiger partial charge in [0.05, 0.1) is 5.69 Å². The van der Waals surface area contributed by atoms with E-state index in [0.717, 1.165) is 12.2 Å². The molecule has 0 radical (unpaired) electrons. The third-order valence-corrected chi connectivity index (χ3v) is 4.71. The molecule has 0 aromatic carbocycles. The molecule has 3 rings (SSSR count). The lowest BCUT2D eigenvalue weighted by molar-refractivity contribution is 0.256. The van der Waals surface area contributed by atoms with E-state index >= 15 is 0 Å². The smallest absolute Gasteiger partial charge is 0.276 e. The van der Waals surface area contributed by atoms with Crippen molar-refractivity contribution in [1.29, 1.82) is 0 Å². The van der Waals surface area contributed by atoms with Crippen molar-refractivity contribution in [2.45, 2.75) is 51.6 Å². The molecule has 1 unspecified atom stereocenters. The standard InChI is InChI=1S/C16H24N4O/c1-12-10-15-16(21)19(8-9-20(15)18-12)11-14(17-2)13-6-4-3-5-7-13/h8-10,13-14,17H,3-7,11H2,1-2H3. The minimum Gasteiger partial charge on any atom is -0.315 e. The lowest BCUT2D eigenvalue weighted by atomic mass is 9.84. The number of likely N-dealkylation sites (N-methyl/N-ethyl adjacent to an activating group) is 1. The highest BCUT2D eigenvalue weighted by Crippen LogP contribution is 2.26. The van der Waals surface area contributed by atoms with E-state index in [1.807, 2.05) is 37.0 Å². The van der Waals surface area contributed by atoms with Gasteiger partial charge in [-0.05, 0) is 38.8 Å². The fraction of sp³-hybridized carbons (Fsp3) is 0.625. The van der Waals surface area contributed by atoms with Gasteiger partial charge in [0.2, 0.25) is 0 Å². The zero-order chi connectivity index (χ0) is 14.8. The average Bonchev–Trinajstić information content (AvgIpc) is 2.89. The summed E-state index contributed by atoms with van der Waals surface area (Å²) in [6.45, 7) is 2.65. The predicted molar refractivity (Wildman–Crippen MR) is 83.6 cm³/mol. The molecule has 1 saturated carbocycles. The van der Waals surface area contributed by atoms with Crippen molar-refractivity contribution < 1.29 is 0 Å². The van der Waals surface area contributed by atoms with Crippen LogP contribution in [0.25, 0.3) is 5.52 Å². The summed E-state index contributed by atoms with van der Waals surface area (Å²) in [5.41, 5.74) is 1.59. The van der Waals surface area contributed by atoms with Gasteiger partial charge in [-0.15, -0.1) is 0 Å². The second-order valence-electron chi connectivity index (χ2n) is 6.16. The number of hydrogen-bond acceptors (Lipinski definition) is 3. The molecule has 5 heteroatoms. The molecule has 0 saturated heterocycles.